The molecule has 0 amide bonds. The highest BCUT2D eigenvalue weighted by Crippen LogP contribution is 2.33. The van der Waals surface area contributed by atoms with Crippen molar-refractivity contribution in [2.45, 2.75) is 70.7 Å². The second kappa shape index (κ2) is 7.90. The first-order valence-electron chi connectivity index (χ1n) is 8.04. The van der Waals surface area contributed by atoms with Crippen molar-refractivity contribution in [1.29, 1.82) is 0 Å². The first kappa shape index (κ1) is 17.3. The summed E-state index contributed by atoms with van der Waals surface area (Å²) in [6, 6.07) is 1.38. The van der Waals surface area contributed by atoms with E-state index in [1.54, 1.807) is 0 Å². The van der Waals surface area contributed by atoms with E-state index >= 15 is 0 Å². The van der Waals surface area contributed by atoms with Gasteiger partial charge in [-0.25, -0.2) is 0 Å². The molecule has 0 saturated carbocycles. The predicted octanol–water partition coefficient (Wildman–Crippen LogP) is 3.62. The molecule has 1 heterocycles. The van der Waals surface area contributed by atoms with Gasteiger partial charge in [0.1, 0.15) is 0 Å². The van der Waals surface area contributed by atoms with Gasteiger partial charge < -0.3 is 5.32 Å². The lowest BCUT2D eigenvalue weighted by Gasteiger charge is -2.46. The number of nitrogens with one attached hydrogen (secondary N) is 1. The van der Waals surface area contributed by atoms with Crippen LogP contribution in [0, 0.1) is 5.92 Å². The Balaban J connectivity index is 2.74. The standard InChI is InChI=1S/C16H34N2S/c1-7-14-10-17-15(13(4)5)11-18(14)12-16(8-2,9-3)19-6/h13-15,17H,7-12H2,1-6H3. The van der Waals surface area contributed by atoms with Crippen molar-refractivity contribution in [1.82, 2.24) is 10.2 Å². The maximum atomic E-state index is 3.74. The molecule has 0 aliphatic carbocycles. The second-order valence-electron chi connectivity index (χ2n) is 6.34. The number of piperazine rings is 1. The summed E-state index contributed by atoms with van der Waals surface area (Å²) < 4.78 is 0.451. The van der Waals surface area contributed by atoms with Crippen molar-refractivity contribution in [2.24, 2.45) is 5.92 Å². The minimum atomic E-state index is 0.451. The van der Waals surface area contributed by atoms with Crippen LogP contribution in [0.2, 0.25) is 0 Å². The highest BCUT2D eigenvalue weighted by Gasteiger charge is 2.34. The molecule has 0 aromatic heterocycles. The van der Waals surface area contributed by atoms with Crippen LogP contribution < -0.4 is 5.32 Å². The van der Waals surface area contributed by atoms with Crippen LogP contribution in [0.3, 0.4) is 0 Å². The Morgan fingerprint density at radius 2 is 1.89 bits per heavy atom. The molecule has 0 aromatic rings. The molecule has 2 atom stereocenters. The van der Waals surface area contributed by atoms with E-state index < -0.39 is 0 Å². The Morgan fingerprint density at radius 3 is 2.32 bits per heavy atom. The van der Waals surface area contributed by atoms with E-state index in [1.807, 2.05) is 0 Å². The van der Waals surface area contributed by atoms with Crippen LogP contribution in [-0.2, 0) is 0 Å². The van der Waals surface area contributed by atoms with Gasteiger partial charge in [0.2, 0.25) is 0 Å². The second-order valence-corrected chi connectivity index (χ2v) is 7.62. The summed E-state index contributed by atoms with van der Waals surface area (Å²) in [7, 11) is 0. The molecule has 1 aliphatic rings. The Kier molecular flexibility index (Phi) is 7.20. The maximum absolute atomic E-state index is 3.74. The molecule has 1 rings (SSSR count). The van der Waals surface area contributed by atoms with Crippen LogP contribution >= 0.6 is 11.8 Å². The number of hydrogen-bond acceptors (Lipinski definition) is 3. The number of nitrogens with zero attached hydrogens (tertiary/aromatic N) is 1. The largest absolute Gasteiger partial charge is 0.311 e. The molecule has 1 N–H and O–H groups in total. The summed E-state index contributed by atoms with van der Waals surface area (Å²) in [6.45, 7) is 15.3. The molecule has 2 nitrogen and oxygen atoms in total. The maximum Gasteiger partial charge on any atom is 0.0279 e. The number of thioether (sulfide) groups is 1. The van der Waals surface area contributed by atoms with Crippen molar-refractivity contribution in [3.05, 3.63) is 0 Å². The van der Waals surface area contributed by atoms with Crippen molar-refractivity contribution < 1.29 is 0 Å². The molecule has 0 bridgehead atoms. The lowest BCUT2D eigenvalue weighted by atomic mass is 9.95. The molecule has 2 unspecified atom stereocenters. The molecule has 19 heavy (non-hydrogen) atoms. The van der Waals surface area contributed by atoms with Gasteiger partial charge in [-0.05, 0) is 31.4 Å². The minimum Gasteiger partial charge on any atom is -0.311 e. The van der Waals surface area contributed by atoms with Gasteiger partial charge in [-0.1, -0.05) is 34.6 Å². The Bertz CT molecular complexity index is 243. The van der Waals surface area contributed by atoms with E-state index in [0.717, 1.165) is 18.5 Å². The van der Waals surface area contributed by atoms with Crippen LogP contribution in [0.15, 0.2) is 0 Å². The summed E-state index contributed by atoms with van der Waals surface area (Å²) >= 11 is 2.07. The molecule has 1 saturated heterocycles. The minimum absolute atomic E-state index is 0.451. The van der Waals surface area contributed by atoms with Crippen LogP contribution in [-0.4, -0.2) is 47.6 Å². The van der Waals surface area contributed by atoms with E-state index in [0.29, 0.717) is 10.8 Å². The summed E-state index contributed by atoms with van der Waals surface area (Å²) in [4.78, 5) is 2.77. The fourth-order valence-electron chi connectivity index (χ4n) is 3.12. The van der Waals surface area contributed by atoms with Gasteiger partial charge >= 0.3 is 0 Å². The van der Waals surface area contributed by atoms with Gasteiger partial charge in [0.05, 0.1) is 0 Å². The summed E-state index contributed by atoms with van der Waals surface area (Å²) in [6.07, 6.45) is 6.10. The van der Waals surface area contributed by atoms with Gasteiger partial charge in [0, 0.05) is 36.5 Å². The van der Waals surface area contributed by atoms with Crippen molar-refractivity contribution >= 4 is 11.8 Å². The zero-order valence-electron chi connectivity index (χ0n) is 13.8. The van der Waals surface area contributed by atoms with E-state index in [9.17, 15) is 0 Å². The molecule has 1 aliphatic heterocycles. The molecule has 0 aromatic carbocycles. The third-order valence-corrected chi connectivity index (χ3v) is 6.62. The molecule has 0 spiro atoms. The van der Waals surface area contributed by atoms with Crippen molar-refractivity contribution in [3.63, 3.8) is 0 Å². The average Bonchev–Trinajstić information content (AvgIpc) is 2.44. The Labute approximate surface area is 125 Å². The van der Waals surface area contributed by atoms with Crippen LogP contribution in [0.4, 0.5) is 0 Å². The highest BCUT2D eigenvalue weighted by atomic mass is 32.2. The van der Waals surface area contributed by atoms with Gasteiger partial charge in [-0.2, -0.15) is 11.8 Å². The van der Waals surface area contributed by atoms with Gasteiger partial charge in [-0.15, -0.1) is 0 Å². The quantitative estimate of drug-likeness (QED) is 0.769. The third-order valence-electron chi connectivity index (χ3n) is 5.05. The zero-order chi connectivity index (χ0) is 14.5. The first-order valence-corrected chi connectivity index (χ1v) is 9.26. The molecule has 114 valence electrons. The van der Waals surface area contributed by atoms with Gasteiger partial charge in [0.25, 0.3) is 0 Å². The lowest BCUT2D eigenvalue weighted by molar-refractivity contribution is 0.0975. The van der Waals surface area contributed by atoms with E-state index in [1.165, 1.54) is 32.4 Å². The topological polar surface area (TPSA) is 15.3 Å². The van der Waals surface area contributed by atoms with Crippen LogP contribution in [0.25, 0.3) is 0 Å². The third kappa shape index (κ3) is 4.37. The smallest absolute Gasteiger partial charge is 0.0279 e. The van der Waals surface area contributed by atoms with E-state index in [-0.39, 0.29) is 0 Å². The fraction of sp³-hybridized carbons (Fsp3) is 1.00. The normalized spacial score (nSPS) is 26.1. The van der Waals surface area contributed by atoms with E-state index in [2.05, 4.69) is 62.9 Å². The summed E-state index contributed by atoms with van der Waals surface area (Å²) in [5, 5.41) is 3.74. The average molecular weight is 287 g/mol. The number of rotatable bonds is 7. The van der Waals surface area contributed by atoms with Gasteiger partial charge in [0.15, 0.2) is 0 Å². The monoisotopic (exact) mass is 286 g/mol. The first-order chi connectivity index (χ1) is 9.01. The van der Waals surface area contributed by atoms with Crippen LogP contribution in [0.1, 0.15) is 53.9 Å². The zero-order valence-corrected chi connectivity index (χ0v) is 14.6. The fourth-order valence-corrected chi connectivity index (χ4v) is 3.99. The predicted molar refractivity (Wildman–Crippen MR) is 89.1 cm³/mol. The van der Waals surface area contributed by atoms with E-state index in [4.69, 9.17) is 0 Å². The van der Waals surface area contributed by atoms with Crippen molar-refractivity contribution in [2.75, 3.05) is 25.9 Å². The molecule has 1 fully saturated rings. The molecular weight excluding hydrogens is 252 g/mol. The molecular formula is C16H34N2S. The SMILES string of the molecule is CCC1CNC(C(C)C)CN1CC(CC)(CC)SC. The lowest BCUT2D eigenvalue weighted by Crippen LogP contribution is -2.60. The molecule has 3 heteroatoms. The Morgan fingerprint density at radius 1 is 1.26 bits per heavy atom. The number of hydrogen-bond donors (Lipinski definition) is 1. The van der Waals surface area contributed by atoms with Crippen LogP contribution in [0.5, 0.6) is 0 Å². The summed E-state index contributed by atoms with van der Waals surface area (Å²) in [5.74, 6) is 0.729. The van der Waals surface area contributed by atoms with Crippen molar-refractivity contribution in [3.8, 4) is 0 Å². The van der Waals surface area contributed by atoms with Gasteiger partial charge in [-0.3, -0.25) is 4.90 Å². The molecule has 0 radical (unpaired) electrons. The highest BCUT2D eigenvalue weighted by molar-refractivity contribution is 8.00. The Hall–Kier alpha value is 0.270. The summed E-state index contributed by atoms with van der Waals surface area (Å²) in [5.41, 5.74) is 0.